The number of carbonyl (C=O) groups is 1. The van der Waals surface area contributed by atoms with Crippen molar-refractivity contribution < 1.29 is 18.7 Å². The van der Waals surface area contributed by atoms with Crippen molar-refractivity contribution in [3.05, 3.63) is 35.6 Å². The summed E-state index contributed by atoms with van der Waals surface area (Å²) in [5.74, 6) is 0.179. The molecule has 0 spiro atoms. The van der Waals surface area contributed by atoms with Crippen LogP contribution in [0.5, 0.6) is 0 Å². The SMILES string of the molecule is COCCOC(=O)N1CCCN(Cc2ccc(F)cc2)C(C(C)C)C1. The summed E-state index contributed by atoms with van der Waals surface area (Å²) < 4.78 is 23.3. The molecule has 0 aromatic heterocycles. The van der Waals surface area contributed by atoms with E-state index in [0.29, 0.717) is 25.6 Å². The fourth-order valence-corrected chi connectivity index (χ4v) is 3.19. The molecule has 0 radical (unpaired) electrons. The smallest absolute Gasteiger partial charge is 0.409 e. The topological polar surface area (TPSA) is 42.0 Å². The number of halogens is 1. The molecule has 1 saturated heterocycles. The highest BCUT2D eigenvalue weighted by molar-refractivity contribution is 5.67. The summed E-state index contributed by atoms with van der Waals surface area (Å²) in [6.45, 7) is 8.02. The van der Waals surface area contributed by atoms with Gasteiger partial charge in [-0.05, 0) is 30.0 Å². The van der Waals surface area contributed by atoms with Crippen molar-refractivity contribution in [2.75, 3.05) is 40.0 Å². The maximum atomic E-state index is 13.1. The highest BCUT2D eigenvalue weighted by Gasteiger charge is 2.30. The van der Waals surface area contributed by atoms with Crippen LogP contribution in [-0.2, 0) is 16.0 Å². The van der Waals surface area contributed by atoms with Gasteiger partial charge in [0.25, 0.3) is 0 Å². The fourth-order valence-electron chi connectivity index (χ4n) is 3.19. The monoisotopic (exact) mass is 352 g/mol. The molecule has 1 atom stereocenters. The molecule has 1 unspecified atom stereocenters. The van der Waals surface area contributed by atoms with Gasteiger partial charge >= 0.3 is 6.09 Å². The molecule has 1 aliphatic heterocycles. The van der Waals surface area contributed by atoms with Crippen LogP contribution < -0.4 is 0 Å². The van der Waals surface area contributed by atoms with Crippen molar-refractivity contribution in [3.63, 3.8) is 0 Å². The van der Waals surface area contributed by atoms with E-state index in [1.165, 1.54) is 12.1 Å². The molecule has 1 aliphatic rings. The van der Waals surface area contributed by atoms with Crippen molar-refractivity contribution in [1.29, 1.82) is 0 Å². The Bertz CT molecular complexity index is 536. The van der Waals surface area contributed by atoms with Crippen molar-refractivity contribution in [2.45, 2.75) is 32.9 Å². The minimum absolute atomic E-state index is 0.218. The molecule has 1 fully saturated rings. The van der Waals surface area contributed by atoms with Crippen molar-refractivity contribution in [1.82, 2.24) is 9.80 Å². The highest BCUT2D eigenvalue weighted by Crippen LogP contribution is 2.20. The van der Waals surface area contributed by atoms with E-state index < -0.39 is 0 Å². The average molecular weight is 352 g/mol. The lowest BCUT2D eigenvalue weighted by Crippen LogP contribution is -2.45. The molecule has 1 heterocycles. The van der Waals surface area contributed by atoms with Gasteiger partial charge in [-0.1, -0.05) is 26.0 Å². The van der Waals surface area contributed by atoms with E-state index in [-0.39, 0.29) is 24.6 Å². The quantitative estimate of drug-likeness (QED) is 0.738. The molecule has 0 N–H and O–H groups in total. The summed E-state index contributed by atoms with van der Waals surface area (Å²) in [6, 6.07) is 6.89. The Morgan fingerprint density at radius 3 is 2.60 bits per heavy atom. The first-order valence-corrected chi connectivity index (χ1v) is 8.90. The Kier molecular flexibility index (Phi) is 7.65. The molecule has 5 nitrogen and oxygen atoms in total. The fraction of sp³-hybridized carbons (Fsp3) is 0.632. The summed E-state index contributed by atoms with van der Waals surface area (Å²) in [7, 11) is 1.59. The van der Waals surface area contributed by atoms with Gasteiger partial charge in [0.2, 0.25) is 0 Å². The minimum atomic E-state index is -0.272. The molecule has 1 amide bonds. The molecule has 140 valence electrons. The Labute approximate surface area is 149 Å². The summed E-state index contributed by atoms with van der Waals surface area (Å²) in [5, 5.41) is 0. The minimum Gasteiger partial charge on any atom is -0.447 e. The van der Waals surface area contributed by atoms with Crippen molar-refractivity contribution >= 4 is 6.09 Å². The zero-order valence-corrected chi connectivity index (χ0v) is 15.4. The summed E-state index contributed by atoms with van der Waals surface area (Å²) in [4.78, 5) is 16.5. The van der Waals surface area contributed by atoms with Crippen LogP contribution in [-0.4, -0.2) is 61.9 Å². The molecule has 6 heteroatoms. The summed E-state index contributed by atoms with van der Waals surface area (Å²) in [6.07, 6.45) is 0.621. The van der Waals surface area contributed by atoms with Crippen LogP contribution in [0, 0.1) is 11.7 Å². The number of benzene rings is 1. The third kappa shape index (κ3) is 5.97. The number of methoxy groups -OCH3 is 1. The van der Waals surface area contributed by atoms with Crippen LogP contribution in [0.3, 0.4) is 0 Å². The van der Waals surface area contributed by atoms with E-state index in [1.54, 1.807) is 12.0 Å². The molecular weight excluding hydrogens is 323 g/mol. The summed E-state index contributed by atoms with van der Waals surface area (Å²) >= 11 is 0. The van der Waals surface area contributed by atoms with E-state index in [2.05, 4.69) is 18.7 Å². The van der Waals surface area contributed by atoms with E-state index in [1.807, 2.05) is 12.1 Å². The molecule has 1 aromatic carbocycles. The lowest BCUT2D eigenvalue weighted by Gasteiger charge is -2.34. The van der Waals surface area contributed by atoms with E-state index >= 15 is 0 Å². The third-order valence-corrected chi connectivity index (χ3v) is 4.59. The van der Waals surface area contributed by atoms with Gasteiger partial charge in [0.1, 0.15) is 12.4 Å². The number of hydrogen-bond acceptors (Lipinski definition) is 4. The molecule has 0 aliphatic carbocycles. The number of ether oxygens (including phenoxy) is 2. The Morgan fingerprint density at radius 1 is 1.24 bits per heavy atom. The maximum Gasteiger partial charge on any atom is 0.409 e. The lowest BCUT2D eigenvalue weighted by molar-refractivity contribution is 0.0648. The van der Waals surface area contributed by atoms with Gasteiger partial charge in [-0.25, -0.2) is 9.18 Å². The van der Waals surface area contributed by atoms with Crippen molar-refractivity contribution in [3.8, 4) is 0 Å². The highest BCUT2D eigenvalue weighted by atomic mass is 19.1. The molecule has 1 aromatic rings. The van der Waals surface area contributed by atoms with Crippen LogP contribution in [0.15, 0.2) is 24.3 Å². The van der Waals surface area contributed by atoms with E-state index in [0.717, 1.165) is 25.1 Å². The Balaban J connectivity index is 2.01. The van der Waals surface area contributed by atoms with Crippen LogP contribution >= 0.6 is 0 Å². The van der Waals surface area contributed by atoms with Crippen LogP contribution in [0.2, 0.25) is 0 Å². The second kappa shape index (κ2) is 9.73. The first kappa shape index (κ1) is 19.7. The predicted octanol–water partition coefficient (Wildman–Crippen LogP) is 3.14. The molecule has 25 heavy (non-hydrogen) atoms. The first-order valence-electron chi connectivity index (χ1n) is 8.90. The second-order valence-electron chi connectivity index (χ2n) is 6.82. The standard InChI is InChI=1S/C19H29FN2O3/c1-15(2)18-14-22(19(23)25-12-11-24-3)10-4-9-21(18)13-16-5-7-17(20)8-6-16/h5-8,15,18H,4,9-14H2,1-3H3. The van der Waals surface area contributed by atoms with Gasteiger partial charge in [0.15, 0.2) is 0 Å². The molecule has 2 rings (SSSR count). The largest absolute Gasteiger partial charge is 0.447 e. The normalized spacial score (nSPS) is 19.1. The van der Waals surface area contributed by atoms with E-state index in [9.17, 15) is 9.18 Å². The van der Waals surface area contributed by atoms with Crippen molar-refractivity contribution in [2.24, 2.45) is 5.92 Å². The molecular formula is C19H29FN2O3. The van der Waals surface area contributed by atoms with E-state index in [4.69, 9.17) is 9.47 Å². The predicted molar refractivity (Wildman–Crippen MR) is 94.9 cm³/mol. The molecule has 0 bridgehead atoms. The number of hydrogen-bond donors (Lipinski definition) is 0. The third-order valence-electron chi connectivity index (χ3n) is 4.59. The average Bonchev–Trinajstić information content (AvgIpc) is 2.80. The second-order valence-corrected chi connectivity index (χ2v) is 6.82. The van der Waals surface area contributed by atoms with Gasteiger partial charge in [0.05, 0.1) is 6.61 Å². The zero-order valence-electron chi connectivity index (χ0n) is 15.4. The van der Waals surface area contributed by atoms with Gasteiger partial charge in [0, 0.05) is 39.3 Å². The Morgan fingerprint density at radius 2 is 1.96 bits per heavy atom. The lowest BCUT2D eigenvalue weighted by atomic mass is 10.0. The first-order chi connectivity index (χ1) is 12.0. The van der Waals surface area contributed by atoms with Crippen LogP contribution in [0.4, 0.5) is 9.18 Å². The zero-order chi connectivity index (χ0) is 18.2. The summed E-state index contributed by atoms with van der Waals surface area (Å²) in [5.41, 5.74) is 1.09. The van der Waals surface area contributed by atoms with Gasteiger partial charge < -0.3 is 14.4 Å². The molecule has 0 saturated carbocycles. The Hall–Kier alpha value is -1.66. The van der Waals surface area contributed by atoms with Crippen LogP contribution in [0.25, 0.3) is 0 Å². The van der Waals surface area contributed by atoms with Gasteiger partial charge in [-0.2, -0.15) is 0 Å². The number of carbonyl (C=O) groups excluding carboxylic acids is 1. The number of nitrogens with zero attached hydrogens (tertiary/aromatic N) is 2. The number of rotatable bonds is 6. The van der Waals surface area contributed by atoms with Crippen LogP contribution in [0.1, 0.15) is 25.8 Å². The van der Waals surface area contributed by atoms with Gasteiger partial charge in [-0.15, -0.1) is 0 Å². The maximum absolute atomic E-state index is 13.1. The number of amides is 1. The van der Waals surface area contributed by atoms with Gasteiger partial charge in [-0.3, -0.25) is 4.90 Å².